The molecule has 54 heavy (non-hydrogen) atoms. The van der Waals surface area contributed by atoms with Crippen LogP contribution in [-0.2, 0) is 21.8 Å². The van der Waals surface area contributed by atoms with Gasteiger partial charge in [0.05, 0.1) is 27.7 Å². The third kappa shape index (κ3) is 6.61. The van der Waals surface area contributed by atoms with E-state index in [2.05, 4.69) is 179 Å². The summed E-state index contributed by atoms with van der Waals surface area (Å²) in [6, 6.07) is 36.8. The summed E-state index contributed by atoms with van der Waals surface area (Å²) >= 11 is 0. The normalized spacial score (nSPS) is 12.9. The summed E-state index contributed by atoms with van der Waals surface area (Å²) in [6.45, 7) is 27.0. The number of para-hydroxylation sites is 1. The van der Waals surface area contributed by atoms with Crippen LogP contribution in [0, 0.1) is 6.92 Å². The Morgan fingerprint density at radius 1 is 0.537 bits per heavy atom. The molecular weight excluding hydrogens is 659 g/mol. The second-order valence-corrected chi connectivity index (χ2v) is 18.7. The van der Waals surface area contributed by atoms with Crippen molar-refractivity contribution in [2.45, 2.75) is 105 Å². The van der Waals surface area contributed by atoms with Gasteiger partial charge in [-0.15, -0.1) is 0 Å². The number of aryl methyl sites for hydroxylation is 1. The topological polar surface area (TPSA) is 50.9 Å². The number of hydrogen-bond donors (Lipinski definition) is 1. The largest absolute Gasteiger partial charge is 0.507 e. The van der Waals surface area contributed by atoms with E-state index in [9.17, 15) is 5.11 Å². The molecule has 0 aliphatic rings. The highest BCUT2D eigenvalue weighted by atomic mass is 16.3. The van der Waals surface area contributed by atoms with E-state index < -0.39 is 5.54 Å². The number of phenolic OH excluding ortho intramolecular Hbond substituents is 1. The molecule has 0 saturated heterocycles. The Kier molecular flexibility index (Phi) is 8.91. The van der Waals surface area contributed by atoms with Crippen molar-refractivity contribution in [1.82, 2.24) is 14.5 Å². The summed E-state index contributed by atoms with van der Waals surface area (Å²) in [5.41, 5.74) is 13.5. The smallest absolute Gasteiger partial charge is 0.145 e. The van der Waals surface area contributed by atoms with Gasteiger partial charge in [-0.2, -0.15) is 0 Å². The van der Waals surface area contributed by atoms with Crippen LogP contribution < -0.4 is 0 Å². The predicted octanol–water partition coefficient (Wildman–Crippen LogP) is 13.3. The van der Waals surface area contributed by atoms with E-state index in [0.29, 0.717) is 0 Å². The van der Waals surface area contributed by atoms with Gasteiger partial charge in [0.1, 0.15) is 11.6 Å². The lowest BCUT2D eigenvalue weighted by Crippen LogP contribution is -2.28. The second-order valence-electron chi connectivity index (χ2n) is 18.7. The van der Waals surface area contributed by atoms with Gasteiger partial charge in [0.15, 0.2) is 0 Å². The van der Waals surface area contributed by atoms with E-state index in [1.54, 1.807) is 0 Å². The molecule has 0 fully saturated rings. The highest BCUT2D eigenvalue weighted by molar-refractivity contribution is 6.00. The number of aromatic nitrogens is 3. The van der Waals surface area contributed by atoms with Crippen molar-refractivity contribution in [2.75, 3.05) is 0 Å². The first kappa shape index (κ1) is 37.1. The fourth-order valence-corrected chi connectivity index (χ4v) is 7.89. The zero-order valence-corrected chi connectivity index (χ0v) is 34.2. The SMILES string of the molecule is Cc1cc(-c2cc(C(C)(C)C)cc3c(C(C)(C)C)ccnc23)cc(-c2cccc3c2nc(-c2cc(C(C)(C)C)ccc2O)n3C(C)(C)c2ccccc2)c1. The van der Waals surface area contributed by atoms with Crippen LogP contribution in [0.5, 0.6) is 5.75 Å². The van der Waals surface area contributed by atoms with E-state index >= 15 is 0 Å². The zero-order valence-electron chi connectivity index (χ0n) is 34.2. The Bertz CT molecular complexity index is 2530. The maximum atomic E-state index is 11.5. The van der Waals surface area contributed by atoms with Crippen molar-refractivity contribution >= 4 is 21.9 Å². The number of aromatic hydroxyl groups is 1. The highest BCUT2D eigenvalue weighted by Gasteiger charge is 2.31. The Morgan fingerprint density at radius 2 is 1.19 bits per heavy atom. The fraction of sp³-hybridized carbons (Fsp3) is 0.320. The summed E-state index contributed by atoms with van der Waals surface area (Å²) in [6.07, 6.45) is 1.97. The van der Waals surface area contributed by atoms with Crippen molar-refractivity contribution in [1.29, 1.82) is 0 Å². The number of imidazole rings is 1. The van der Waals surface area contributed by atoms with Gasteiger partial charge in [-0.1, -0.05) is 123 Å². The van der Waals surface area contributed by atoms with Gasteiger partial charge in [0.2, 0.25) is 0 Å². The van der Waals surface area contributed by atoms with Crippen LogP contribution in [0.15, 0.2) is 109 Å². The molecule has 4 heteroatoms. The number of benzene rings is 5. The van der Waals surface area contributed by atoms with Crippen LogP contribution in [0.25, 0.3) is 55.6 Å². The van der Waals surface area contributed by atoms with E-state index in [0.717, 1.165) is 61.3 Å². The second kappa shape index (κ2) is 13.0. The van der Waals surface area contributed by atoms with Crippen molar-refractivity contribution in [3.05, 3.63) is 137 Å². The lowest BCUT2D eigenvalue weighted by molar-refractivity contribution is 0.448. The van der Waals surface area contributed by atoms with E-state index in [4.69, 9.17) is 9.97 Å². The van der Waals surface area contributed by atoms with Gasteiger partial charge in [-0.3, -0.25) is 4.98 Å². The van der Waals surface area contributed by atoms with Crippen LogP contribution in [0.4, 0.5) is 0 Å². The molecule has 0 saturated carbocycles. The number of pyridine rings is 1. The van der Waals surface area contributed by atoms with E-state index in [1.807, 2.05) is 18.3 Å². The quantitative estimate of drug-likeness (QED) is 0.193. The molecule has 0 atom stereocenters. The molecule has 7 rings (SSSR count). The van der Waals surface area contributed by atoms with Crippen molar-refractivity contribution in [2.24, 2.45) is 0 Å². The monoisotopic (exact) mass is 713 g/mol. The maximum absolute atomic E-state index is 11.5. The molecule has 0 amide bonds. The molecule has 276 valence electrons. The molecule has 1 N–H and O–H groups in total. The Morgan fingerprint density at radius 3 is 1.83 bits per heavy atom. The first-order valence-electron chi connectivity index (χ1n) is 19.2. The van der Waals surface area contributed by atoms with Gasteiger partial charge in [0.25, 0.3) is 0 Å². The average molecular weight is 714 g/mol. The molecule has 0 radical (unpaired) electrons. The Labute approximate surface area is 322 Å². The molecule has 0 spiro atoms. The summed E-state index contributed by atoms with van der Waals surface area (Å²) in [4.78, 5) is 10.5. The minimum atomic E-state index is -0.491. The van der Waals surface area contributed by atoms with Gasteiger partial charge in [0, 0.05) is 22.7 Å². The van der Waals surface area contributed by atoms with Gasteiger partial charge in [-0.25, -0.2) is 4.98 Å². The lowest BCUT2D eigenvalue weighted by Gasteiger charge is -2.31. The summed E-state index contributed by atoms with van der Waals surface area (Å²) in [5.74, 6) is 0.959. The molecule has 4 nitrogen and oxygen atoms in total. The summed E-state index contributed by atoms with van der Waals surface area (Å²) in [5, 5.41) is 12.7. The number of nitrogens with zero attached hydrogens (tertiary/aromatic N) is 3. The number of hydrogen-bond acceptors (Lipinski definition) is 3. The number of phenols is 1. The first-order valence-corrected chi connectivity index (χ1v) is 19.2. The first-order chi connectivity index (χ1) is 25.2. The molecule has 2 heterocycles. The number of fused-ring (bicyclic) bond motifs is 2. The summed E-state index contributed by atoms with van der Waals surface area (Å²) in [7, 11) is 0. The van der Waals surface area contributed by atoms with Crippen LogP contribution in [0.3, 0.4) is 0 Å². The molecule has 0 bridgehead atoms. The van der Waals surface area contributed by atoms with Gasteiger partial charge in [-0.05, 0) is 118 Å². The van der Waals surface area contributed by atoms with Crippen LogP contribution >= 0.6 is 0 Å². The molecule has 5 aromatic carbocycles. The average Bonchev–Trinajstić information content (AvgIpc) is 3.50. The minimum absolute atomic E-state index is 0.0345. The maximum Gasteiger partial charge on any atom is 0.145 e. The molecule has 0 aliphatic heterocycles. The minimum Gasteiger partial charge on any atom is -0.507 e. The van der Waals surface area contributed by atoms with Crippen molar-refractivity contribution in [3.63, 3.8) is 0 Å². The Balaban J connectivity index is 1.52. The van der Waals surface area contributed by atoms with Crippen LogP contribution in [0.2, 0.25) is 0 Å². The van der Waals surface area contributed by atoms with Crippen LogP contribution in [0.1, 0.15) is 104 Å². The lowest BCUT2D eigenvalue weighted by atomic mass is 9.79. The van der Waals surface area contributed by atoms with E-state index in [1.165, 1.54) is 22.1 Å². The predicted molar refractivity (Wildman–Crippen MR) is 229 cm³/mol. The number of rotatable bonds is 5. The zero-order chi connectivity index (χ0) is 39.0. The molecular formula is C50H55N3O. The van der Waals surface area contributed by atoms with Gasteiger partial charge >= 0.3 is 0 Å². The third-order valence-electron chi connectivity index (χ3n) is 11.0. The molecule has 0 unspecified atom stereocenters. The van der Waals surface area contributed by atoms with Crippen LogP contribution in [-0.4, -0.2) is 19.6 Å². The van der Waals surface area contributed by atoms with Gasteiger partial charge < -0.3 is 9.67 Å². The fourth-order valence-electron chi connectivity index (χ4n) is 7.89. The highest BCUT2D eigenvalue weighted by Crippen LogP contribution is 2.44. The summed E-state index contributed by atoms with van der Waals surface area (Å²) < 4.78 is 2.32. The van der Waals surface area contributed by atoms with Crippen molar-refractivity contribution < 1.29 is 5.11 Å². The van der Waals surface area contributed by atoms with Crippen molar-refractivity contribution in [3.8, 4) is 39.4 Å². The third-order valence-corrected chi connectivity index (χ3v) is 11.0. The molecule has 0 aliphatic carbocycles. The standard InChI is InChI=1S/C50H55N3O/c1-31-25-32(27-33(26-31)38-29-36(48(5,6)7)30-39-41(49(8,9)10)23-24-51-44(38)39)37-19-16-20-42-45(37)52-46(40-28-35(47(2,3)4)21-22-43(40)54)53(42)50(11,12)34-17-14-13-15-18-34/h13-30,54H,1-12H3. The molecule has 7 aromatic rings. The van der Waals surface area contributed by atoms with E-state index in [-0.39, 0.29) is 22.0 Å². The molecule has 2 aromatic heterocycles. The Hall–Kier alpha value is -5.22.